The van der Waals surface area contributed by atoms with Crippen LogP contribution in [0.5, 0.6) is 0 Å². The zero-order chi connectivity index (χ0) is 17.2. The second-order valence-electron chi connectivity index (χ2n) is 6.46. The number of anilines is 1. The van der Waals surface area contributed by atoms with E-state index in [1.165, 1.54) is 0 Å². The molecule has 0 aliphatic carbocycles. The van der Waals surface area contributed by atoms with E-state index in [-0.39, 0.29) is 23.8 Å². The van der Waals surface area contributed by atoms with Crippen molar-refractivity contribution < 1.29 is 18.3 Å². The molecule has 2 fully saturated rings. The van der Waals surface area contributed by atoms with E-state index in [9.17, 15) is 9.18 Å². The van der Waals surface area contributed by atoms with Gasteiger partial charge in [-0.2, -0.15) is 0 Å². The Morgan fingerprint density at radius 2 is 2.20 bits per heavy atom. The number of hydrogen-bond acceptors (Lipinski definition) is 6. The number of aromatic nitrogens is 2. The van der Waals surface area contributed by atoms with Crippen molar-refractivity contribution in [3.8, 4) is 0 Å². The van der Waals surface area contributed by atoms with Crippen LogP contribution in [0, 0.1) is 17.7 Å². The molecule has 7 nitrogen and oxygen atoms in total. The molecular formula is C17H19FN4O3. The van der Waals surface area contributed by atoms with E-state index < -0.39 is 5.82 Å². The van der Waals surface area contributed by atoms with Crippen LogP contribution in [0.15, 0.2) is 35.2 Å². The normalized spacial score (nSPS) is 25.2. The first kappa shape index (κ1) is 16.0. The van der Waals surface area contributed by atoms with E-state index in [0.29, 0.717) is 38.6 Å². The minimum atomic E-state index is -0.453. The molecule has 0 spiro atoms. The van der Waals surface area contributed by atoms with Crippen molar-refractivity contribution >= 4 is 11.9 Å². The van der Waals surface area contributed by atoms with E-state index >= 15 is 0 Å². The predicted octanol–water partition coefficient (Wildman–Crippen LogP) is 1.37. The Morgan fingerprint density at radius 3 is 2.96 bits per heavy atom. The molecule has 3 atom stereocenters. The third-order valence-corrected chi connectivity index (χ3v) is 4.82. The molecule has 4 heterocycles. The number of nitrogens with zero attached hydrogens (tertiary/aromatic N) is 3. The van der Waals surface area contributed by atoms with Crippen LogP contribution in [0.1, 0.15) is 12.2 Å². The molecule has 4 rings (SSSR count). The molecule has 0 unspecified atom stereocenters. The Kier molecular flexibility index (Phi) is 4.35. The van der Waals surface area contributed by atoms with Gasteiger partial charge in [0.1, 0.15) is 5.76 Å². The van der Waals surface area contributed by atoms with Gasteiger partial charge in [0, 0.05) is 25.4 Å². The summed E-state index contributed by atoms with van der Waals surface area (Å²) < 4.78 is 24.0. The number of furan rings is 1. The third-order valence-electron chi connectivity index (χ3n) is 4.82. The van der Waals surface area contributed by atoms with Gasteiger partial charge in [0.05, 0.1) is 37.9 Å². The quantitative estimate of drug-likeness (QED) is 0.881. The lowest BCUT2D eigenvalue weighted by Crippen LogP contribution is -2.30. The van der Waals surface area contributed by atoms with Crippen LogP contribution in [-0.4, -0.2) is 41.7 Å². The van der Waals surface area contributed by atoms with Crippen LogP contribution in [0.4, 0.5) is 10.3 Å². The van der Waals surface area contributed by atoms with Gasteiger partial charge < -0.3 is 19.4 Å². The van der Waals surface area contributed by atoms with Crippen molar-refractivity contribution in [3.63, 3.8) is 0 Å². The number of fused-ring (bicyclic) bond motifs is 1. The van der Waals surface area contributed by atoms with E-state index in [2.05, 4.69) is 15.3 Å². The van der Waals surface area contributed by atoms with Crippen LogP contribution in [0.25, 0.3) is 0 Å². The molecule has 2 aromatic heterocycles. The van der Waals surface area contributed by atoms with Gasteiger partial charge in [-0.15, -0.1) is 0 Å². The number of carbonyl (C=O) groups is 1. The van der Waals surface area contributed by atoms with Gasteiger partial charge in [0.25, 0.3) is 0 Å². The lowest BCUT2D eigenvalue weighted by Gasteiger charge is -2.19. The van der Waals surface area contributed by atoms with Crippen LogP contribution < -0.4 is 10.2 Å². The van der Waals surface area contributed by atoms with E-state index in [4.69, 9.17) is 9.15 Å². The van der Waals surface area contributed by atoms with Gasteiger partial charge in [-0.3, -0.25) is 4.79 Å². The molecule has 132 valence electrons. The average Bonchev–Trinajstić information content (AvgIpc) is 3.32. The second kappa shape index (κ2) is 6.79. The summed E-state index contributed by atoms with van der Waals surface area (Å²) >= 11 is 0. The molecular weight excluding hydrogens is 327 g/mol. The molecule has 0 saturated carbocycles. The van der Waals surface area contributed by atoms with Crippen molar-refractivity contribution in [1.29, 1.82) is 0 Å². The summed E-state index contributed by atoms with van der Waals surface area (Å²) in [6, 6.07) is 3.62. The first-order valence-electron chi connectivity index (χ1n) is 8.32. The zero-order valence-electron chi connectivity index (χ0n) is 13.6. The van der Waals surface area contributed by atoms with Crippen molar-refractivity contribution in [2.24, 2.45) is 11.8 Å². The molecule has 1 N–H and O–H groups in total. The summed E-state index contributed by atoms with van der Waals surface area (Å²) in [7, 11) is 0. The lowest BCUT2D eigenvalue weighted by atomic mass is 9.90. The fourth-order valence-corrected chi connectivity index (χ4v) is 3.55. The smallest absolute Gasteiger partial charge is 0.225 e. The number of nitrogens with one attached hydrogen (secondary N) is 1. The van der Waals surface area contributed by atoms with Crippen LogP contribution in [0.3, 0.4) is 0 Å². The summed E-state index contributed by atoms with van der Waals surface area (Å²) in [5, 5.41) is 2.87. The summed E-state index contributed by atoms with van der Waals surface area (Å²) in [5.74, 6) is 1.18. The SMILES string of the molecule is O=C(C[C@@H]1CO[C@H]2CN(c3ncc(F)cn3)C[C@@H]12)NCc1ccco1. The summed E-state index contributed by atoms with van der Waals surface area (Å²) in [4.78, 5) is 22.2. The van der Waals surface area contributed by atoms with Crippen molar-refractivity contribution in [3.05, 3.63) is 42.4 Å². The predicted molar refractivity (Wildman–Crippen MR) is 86.1 cm³/mol. The van der Waals surface area contributed by atoms with Crippen molar-refractivity contribution in [2.45, 2.75) is 19.1 Å². The number of carbonyl (C=O) groups excluding carboxylic acids is 1. The van der Waals surface area contributed by atoms with Crippen molar-refractivity contribution in [1.82, 2.24) is 15.3 Å². The lowest BCUT2D eigenvalue weighted by molar-refractivity contribution is -0.122. The van der Waals surface area contributed by atoms with Gasteiger partial charge >= 0.3 is 0 Å². The Hall–Kier alpha value is -2.48. The molecule has 2 aliphatic heterocycles. The van der Waals surface area contributed by atoms with Crippen LogP contribution in [0.2, 0.25) is 0 Å². The van der Waals surface area contributed by atoms with Crippen molar-refractivity contribution in [2.75, 3.05) is 24.6 Å². The molecule has 0 bridgehead atoms. The molecule has 1 amide bonds. The monoisotopic (exact) mass is 346 g/mol. The minimum absolute atomic E-state index is 0.0119. The summed E-state index contributed by atoms with van der Waals surface area (Å²) in [6.45, 7) is 2.36. The number of halogens is 1. The second-order valence-corrected chi connectivity index (χ2v) is 6.46. The van der Waals surface area contributed by atoms with Crippen LogP contribution >= 0.6 is 0 Å². The Morgan fingerprint density at radius 1 is 1.36 bits per heavy atom. The first-order valence-corrected chi connectivity index (χ1v) is 8.32. The average molecular weight is 346 g/mol. The Bertz CT molecular complexity index is 722. The highest BCUT2D eigenvalue weighted by atomic mass is 19.1. The van der Waals surface area contributed by atoms with Crippen LogP contribution in [-0.2, 0) is 16.1 Å². The maximum atomic E-state index is 13.0. The van der Waals surface area contributed by atoms with Gasteiger partial charge in [0.15, 0.2) is 5.82 Å². The van der Waals surface area contributed by atoms with Gasteiger partial charge in [-0.1, -0.05) is 0 Å². The van der Waals surface area contributed by atoms with Gasteiger partial charge in [-0.25, -0.2) is 14.4 Å². The van der Waals surface area contributed by atoms with Gasteiger partial charge in [-0.05, 0) is 18.1 Å². The summed E-state index contributed by atoms with van der Waals surface area (Å²) in [6.07, 6.45) is 4.39. The van der Waals surface area contributed by atoms with E-state index in [1.54, 1.807) is 12.3 Å². The molecule has 0 radical (unpaired) electrons. The maximum Gasteiger partial charge on any atom is 0.225 e. The molecule has 2 saturated heterocycles. The molecule has 0 aromatic carbocycles. The number of rotatable bonds is 5. The highest BCUT2D eigenvalue weighted by Crippen LogP contribution is 2.36. The third kappa shape index (κ3) is 3.48. The minimum Gasteiger partial charge on any atom is -0.467 e. The standard InChI is InChI=1S/C17H19FN4O3/c18-12-5-20-17(21-6-12)22-8-14-11(10-25-15(14)9-22)4-16(23)19-7-13-2-1-3-24-13/h1-3,5-6,11,14-15H,4,7-10H2,(H,19,23)/t11-,14+,15+/m1/s1. The topological polar surface area (TPSA) is 80.5 Å². The first-order chi connectivity index (χ1) is 12.2. The van der Waals surface area contributed by atoms with Gasteiger partial charge in [0.2, 0.25) is 11.9 Å². The highest BCUT2D eigenvalue weighted by molar-refractivity contribution is 5.76. The fraction of sp³-hybridized carbons (Fsp3) is 0.471. The Balaban J connectivity index is 1.32. The maximum absolute atomic E-state index is 13.0. The molecule has 2 aromatic rings. The molecule has 8 heteroatoms. The highest BCUT2D eigenvalue weighted by Gasteiger charge is 2.45. The molecule has 25 heavy (non-hydrogen) atoms. The van der Waals surface area contributed by atoms with E-state index in [1.807, 2.05) is 11.0 Å². The Labute approximate surface area is 144 Å². The largest absolute Gasteiger partial charge is 0.467 e. The molecule has 2 aliphatic rings. The number of hydrogen-bond donors (Lipinski definition) is 1. The van der Waals surface area contributed by atoms with E-state index in [0.717, 1.165) is 18.2 Å². The fourth-order valence-electron chi connectivity index (χ4n) is 3.55. The zero-order valence-corrected chi connectivity index (χ0v) is 13.6. The number of amides is 1. The number of ether oxygens (including phenoxy) is 1. The summed E-state index contributed by atoms with van der Waals surface area (Å²) in [5.41, 5.74) is 0.